The molecule has 3 fully saturated rings. The highest BCUT2D eigenvalue weighted by Gasteiger charge is 2.52. The molecule has 0 aromatic rings. The predicted octanol–water partition coefficient (Wildman–Crippen LogP) is -0.0490. The number of β-lactam (4-membered cyclic amide) rings is 1. The van der Waals surface area contributed by atoms with Gasteiger partial charge in [-0.3, -0.25) is 4.79 Å². The van der Waals surface area contributed by atoms with Crippen LogP contribution in [0.3, 0.4) is 0 Å². The lowest BCUT2D eigenvalue weighted by molar-refractivity contribution is -0.317. The number of rotatable bonds is 0. The minimum absolute atomic E-state index is 0.00898. The van der Waals surface area contributed by atoms with Crippen molar-refractivity contribution >= 4 is 5.91 Å². The lowest BCUT2D eigenvalue weighted by atomic mass is 9.94. The third kappa shape index (κ3) is 1.30. The maximum atomic E-state index is 11.5. The molecule has 5 heteroatoms. The zero-order valence-electron chi connectivity index (χ0n) is 8.88. The summed E-state index contributed by atoms with van der Waals surface area (Å²) in [5.41, 5.74) is 0. The minimum atomic E-state index is -0.194. The monoisotopic (exact) mass is 213 g/mol. The number of fused-ring (bicyclic) bond motifs is 2. The maximum absolute atomic E-state index is 11.5. The highest BCUT2D eigenvalue weighted by Crippen LogP contribution is 2.35. The quantitative estimate of drug-likeness (QED) is 0.529. The summed E-state index contributed by atoms with van der Waals surface area (Å²) >= 11 is 0. The van der Waals surface area contributed by atoms with Gasteiger partial charge in [0.05, 0.1) is 19.1 Å². The molecule has 1 amide bonds. The Morgan fingerprint density at radius 2 is 2.07 bits per heavy atom. The average molecular weight is 213 g/mol. The van der Waals surface area contributed by atoms with E-state index >= 15 is 0 Å². The molecule has 0 aromatic heterocycles. The fourth-order valence-corrected chi connectivity index (χ4v) is 2.45. The largest absolute Gasteiger partial charge is 0.350 e. The van der Waals surface area contributed by atoms with E-state index in [1.807, 2.05) is 13.8 Å². The van der Waals surface area contributed by atoms with Crippen molar-refractivity contribution in [3.05, 3.63) is 0 Å². The van der Waals surface area contributed by atoms with Gasteiger partial charge in [-0.25, -0.2) is 0 Å². The molecule has 0 N–H and O–H groups in total. The number of ether oxygens (including phenoxy) is 3. The number of carbonyl (C=O) groups excluding carboxylic acids is 1. The summed E-state index contributed by atoms with van der Waals surface area (Å²) in [4.78, 5) is 13.3. The van der Waals surface area contributed by atoms with Crippen LogP contribution in [-0.2, 0) is 19.0 Å². The Labute approximate surface area is 88.3 Å². The molecule has 3 saturated heterocycles. The first-order valence-electron chi connectivity index (χ1n) is 5.40. The van der Waals surface area contributed by atoms with E-state index in [4.69, 9.17) is 14.2 Å². The van der Waals surface area contributed by atoms with Crippen LogP contribution in [0.1, 0.15) is 13.8 Å². The van der Waals surface area contributed by atoms with E-state index < -0.39 is 0 Å². The van der Waals surface area contributed by atoms with Gasteiger partial charge in [-0.05, 0) is 13.8 Å². The van der Waals surface area contributed by atoms with Crippen molar-refractivity contribution in [2.24, 2.45) is 5.92 Å². The molecule has 0 aliphatic carbocycles. The van der Waals surface area contributed by atoms with Gasteiger partial charge in [-0.2, -0.15) is 0 Å². The van der Waals surface area contributed by atoms with E-state index in [2.05, 4.69) is 0 Å². The van der Waals surface area contributed by atoms with E-state index in [1.54, 1.807) is 4.90 Å². The third-order valence-corrected chi connectivity index (χ3v) is 3.37. The second-order valence-electron chi connectivity index (χ2n) is 4.42. The summed E-state index contributed by atoms with van der Waals surface area (Å²) in [6.45, 7) is 4.98. The SMILES string of the molecule is C[C@H]1OC[C@H]2O[C@H]3[C@H](C)C(=O)N3C[C@H]2O1. The number of hydrogen-bond acceptors (Lipinski definition) is 4. The highest BCUT2D eigenvalue weighted by molar-refractivity contribution is 5.85. The summed E-state index contributed by atoms with van der Waals surface area (Å²) in [5, 5.41) is 0. The summed E-state index contributed by atoms with van der Waals surface area (Å²) in [7, 11) is 0. The van der Waals surface area contributed by atoms with Crippen LogP contribution >= 0.6 is 0 Å². The van der Waals surface area contributed by atoms with Crippen LogP contribution in [0.5, 0.6) is 0 Å². The number of nitrogens with zero attached hydrogens (tertiary/aromatic N) is 1. The Kier molecular flexibility index (Phi) is 2.02. The smallest absolute Gasteiger partial charge is 0.232 e. The van der Waals surface area contributed by atoms with Gasteiger partial charge in [0.25, 0.3) is 0 Å². The van der Waals surface area contributed by atoms with Gasteiger partial charge >= 0.3 is 0 Å². The summed E-state index contributed by atoms with van der Waals surface area (Å²) in [6, 6.07) is 0. The predicted molar refractivity (Wildman–Crippen MR) is 49.8 cm³/mol. The third-order valence-electron chi connectivity index (χ3n) is 3.37. The van der Waals surface area contributed by atoms with Gasteiger partial charge < -0.3 is 19.1 Å². The van der Waals surface area contributed by atoms with Gasteiger partial charge in [0.1, 0.15) is 18.4 Å². The van der Waals surface area contributed by atoms with Crippen LogP contribution in [0, 0.1) is 5.92 Å². The molecule has 0 aromatic carbocycles. The normalized spacial score (nSPS) is 49.3. The van der Waals surface area contributed by atoms with Gasteiger partial charge in [0, 0.05) is 0 Å². The van der Waals surface area contributed by atoms with Gasteiger partial charge in [-0.15, -0.1) is 0 Å². The molecule has 3 heterocycles. The van der Waals surface area contributed by atoms with Crippen molar-refractivity contribution in [1.29, 1.82) is 0 Å². The van der Waals surface area contributed by atoms with Crippen LogP contribution < -0.4 is 0 Å². The molecule has 3 rings (SSSR count). The summed E-state index contributed by atoms with van der Waals surface area (Å²) in [5.74, 6) is 0.159. The molecular weight excluding hydrogens is 198 g/mol. The van der Waals surface area contributed by atoms with Gasteiger partial charge in [-0.1, -0.05) is 0 Å². The molecule has 15 heavy (non-hydrogen) atoms. The fourth-order valence-electron chi connectivity index (χ4n) is 2.45. The zero-order valence-corrected chi connectivity index (χ0v) is 8.88. The highest BCUT2D eigenvalue weighted by atomic mass is 16.7. The van der Waals surface area contributed by atoms with E-state index in [0.29, 0.717) is 13.2 Å². The van der Waals surface area contributed by atoms with Crippen molar-refractivity contribution in [2.45, 2.75) is 38.6 Å². The minimum Gasteiger partial charge on any atom is -0.350 e. The second kappa shape index (κ2) is 3.17. The van der Waals surface area contributed by atoms with Gasteiger partial charge in [0.2, 0.25) is 5.91 Å². The van der Waals surface area contributed by atoms with Crippen molar-refractivity contribution in [3.8, 4) is 0 Å². The molecule has 0 bridgehead atoms. The summed E-state index contributed by atoms with van der Waals surface area (Å²) in [6.07, 6.45) is -0.293. The van der Waals surface area contributed by atoms with Crippen molar-refractivity contribution < 1.29 is 19.0 Å². The Hall–Kier alpha value is -0.650. The Morgan fingerprint density at radius 3 is 2.87 bits per heavy atom. The maximum Gasteiger partial charge on any atom is 0.232 e. The molecule has 5 nitrogen and oxygen atoms in total. The Balaban J connectivity index is 1.72. The molecule has 0 spiro atoms. The van der Waals surface area contributed by atoms with Crippen LogP contribution in [0.25, 0.3) is 0 Å². The van der Waals surface area contributed by atoms with Crippen molar-refractivity contribution in [3.63, 3.8) is 0 Å². The van der Waals surface area contributed by atoms with E-state index in [1.165, 1.54) is 0 Å². The van der Waals surface area contributed by atoms with Crippen molar-refractivity contribution in [2.75, 3.05) is 13.2 Å². The molecule has 3 aliphatic heterocycles. The number of carbonyl (C=O) groups is 1. The van der Waals surface area contributed by atoms with Crippen molar-refractivity contribution in [1.82, 2.24) is 4.90 Å². The first-order valence-corrected chi connectivity index (χ1v) is 5.40. The molecule has 84 valence electrons. The molecule has 0 saturated carbocycles. The van der Waals surface area contributed by atoms with Crippen LogP contribution in [0.2, 0.25) is 0 Å². The number of amides is 1. The van der Waals surface area contributed by atoms with E-state index in [0.717, 1.165) is 0 Å². The molecular formula is C10H15NO4. The first-order chi connectivity index (χ1) is 7.16. The number of hydrogen-bond donors (Lipinski definition) is 0. The fraction of sp³-hybridized carbons (Fsp3) is 0.900. The Bertz CT molecular complexity index is 295. The summed E-state index contributed by atoms with van der Waals surface area (Å²) < 4.78 is 16.7. The standard InChI is InChI=1S/C10H15NO4/c1-5-9(12)11-3-7-8(15-10(5)11)4-13-6(2)14-7/h5-8,10H,3-4H2,1-2H3/t5-,6+,7-,8-,10+/m1/s1. The Morgan fingerprint density at radius 1 is 1.27 bits per heavy atom. The first kappa shape index (κ1) is 9.57. The molecule has 5 atom stereocenters. The van der Waals surface area contributed by atoms with E-state index in [9.17, 15) is 4.79 Å². The lowest BCUT2D eigenvalue weighted by Crippen LogP contribution is -2.70. The van der Waals surface area contributed by atoms with Crippen LogP contribution in [-0.4, -0.2) is 48.7 Å². The molecule has 0 unspecified atom stereocenters. The van der Waals surface area contributed by atoms with Crippen LogP contribution in [0.4, 0.5) is 0 Å². The topological polar surface area (TPSA) is 48.0 Å². The average Bonchev–Trinajstić information content (AvgIpc) is 2.26. The lowest BCUT2D eigenvalue weighted by Gasteiger charge is -2.54. The molecule has 0 radical (unpaired) electrons. The van der Waals surface area contributed by atoms with E-state index in [-0.39, 0.29) is 36.6 Å². The van der Waals surface area contributed by atoms with Crippen LogP contribution in [0.15, 0.2) is 0 Å². The second-order valence-corrected chi connectivity index (χ2v) is 4.42. The molecule has 3 aliphatic rings. The zero-order chi connectivity index (χ0) is 10.6. The van der Waals surface area contributed by atoms with Gasteiger partial charge in [0.15, 0.2) is 6.29 Å².